The number of benzene rings is 1. The summed E-state index contributed by atoms with van der Waals surface area (Å²) in [5, 5.41) is 0. The van der Waals surface area contributed by atoms with Gasteiger partial charge in [-0.3, -0.25) is 0 Å². The first kappa shape index (κ1) is 14.6. The molecule has 0 N–H and O–H groups in total. The monoisotopic (exact) mass is 298 g/mol. The summed E-state index contributed by atoms with van der Waals surface area (Å²) in [4.78, 5) is 0. The van der Waals surface area contributed by atoms with Crippen LogP contribution in [-0.2, 0) is 6.42 Å². The SMILES string of the molecule is C[C@H]1CC[C@@H]2C(C)(C)CCC[C@]23Oc2ccccc2C[C@]13C. The van der Waals surface area contributed by atoms with Crippen molar-refractivity contribution < 1.29 is 4.74 Å². The molecule has 1 aliphatic heterocycles. The normalized spacial score (nSPS) is 42.5. The molecule has 2 fully saturated rings. The molecule has 22 heavy (non-hydrogen) atoms. The molecule has 4 rings (SSSR count). The van der Waals surface area contributed by atoms with Gasteiger partial charge in [-0.1, -0.05) is 45.9 Å². The number of fused-ring (bicyclic) bond motifs is 1. The average molecular weight is 298 g/mol. The van der Waals surface area contributed by atoms with Gasteiger partial charge in [0.2, 0.25) is 0 Å². The number of hydrogen-bond donors (Lipinski definition) is 0. The Balaban J connectivity index is 1.88. The van der Waals surface area contributed by atoms with Gasteiger partial charge in [-0.05, 0) is 61.5 Å². The third kappa shape index (κ3) is 1.71. The van der Waals surface area contributed by atoms with Crippen LogP contribution in [0.1, 0.15) is 65.4 Å². The van der Waals surface area contributed by atoms with E-state index < -0.39 is 0 Å². The Morgan fingerprint density at radius 1 is 1.05 bits per heavy atom. The summed E-state index contributed by atoms with van der Waals surface area (Å²) in [6.07, 6.45) is 7.81. The predicted molar refractivity (Wildman–Crippen MR) is 91.1 cm³/mol. The molecule has 0 aromatic heterocycles. The molecule has 3 aliphatic rings. The van der Waals surface area contributed by atoms with E-state index in [4.69, 9.17) is 4.74 Å². The van der Waals surface area contributed by atoms with Gasteiger partial charge >= 0.3 is 0 Å². The van der Waals surface area contributed by atoms with Crippen molar-refractivity contribution in [1.29, 1.82) is 0 Å². The molecule has 4 atom stereocenters. The highest BCUT2D eigenvalue weighted by Gasteiger charge is 2.65. The molecule has 0 unspecified atom stereocenters. The van der Waals surface area contributed by atoms with Gasteiger partial charge in [-0.25, -0.2) is 0 Å². The van der Waals surface area contributed by atoms with Gasteiger partial charge in [-0.15, -0.1) is 0 Å². The minimum absolute atomic E-state index is 0.0563. The van der Waals surface area contributed by atoms with Crippen molar-refractivity contribution in [2.24, 2.45) is 22.7 Å². The second-order valence-electron chi connectivity index (χ2n) is 9.07. The van der Waals surface area contributed by atoms with Gasteiger partial charge in [-0.2, -0.15) is 0 Å². The Kier molecular flexibility index (Phi) is 3.00. The Hall–Kier alpha value is -0.980. The standard InChI is InChI=1S/C21H30O/c1-15-10-11-18-19(2,3)12-7-13-21(18)20(15,4)14-16-8-5-6-9-17(16)22-21/h5-6,8-9,15,18H,7,10-14H2,1-4H3/t15-,18+,20+,21-/m0/s1. The van der Waals surface area contributed by atoms with E-state index in [0.717, 1.165) is 11.7 Å². The van der Waals surface area contributed by atoms with E-state index in [1.54, 1.807) is 0 Å². The lowest BCUT2D eigenvalue weighted by molar-refractivity contribution is -0.210. The molecule has 1 aromatic rings. The van der Waals surface area contributed by atoms with Crippen LogP contribution in [0.4, 0.5) is 0 Å². The minimum atomic E-state index is 0.0563. The van der Waals surface area contributed by atoms with Gasteiger partial charge in [0.05, 0.1) is 0 Å². The molecule has 1 nitrogen and oxygen atoms in total. The number of rotatable bonds is 0. The topological polar surface area (TPSA) is 9.23 Å². The van der Waals surface area contributed by atoms with E-state index in [1.165, 1.54) is 44.1 Å². The Bertz CT molecular complexity index is 589. The maximum absolute atomic E-state index is 6.94. The van der Waals surface area contributed by atoms with Crippen LogP contribution < -0.4 is 4.74 Å². The zero-order chi connectivity index (χ0) is 15.6. The van der Waals surface area contributed by atoms with Crippen molar-refractivity contribution in [3.8, 4) is 5.75 Å². The van der Waals surface area contributed by atoms with Crippen molar-refractivity contribution in [3.05, 3.63) is 29.8 Å². The first-order chi connectivity index (χ1) is 10.4. The summed E-state index contributed by atoms with van der Waals surface area (Å²) in [5.41, 5.74) is 2.17. The van der Waals surface area contributed by atoms with Crippen molar-refractivity contribution in [2.45, 2.75) is 71.8 Å². The zero-order valence-corrected chi connectivity index (χ0v) is 14.6. The fourth-order valence-corrected chi connectivity index (χ4v) is 6.15. The second-order valence-corrected chi connectivity index (χ2v) is 9.07. The molecule has 1 heteroatoms. The highest BCUT2D eigenvalue weighted by molar-refractivity contribution is 5.39. The van der Waals surface area contributed by atoms with Crippen molar-refractivity contribution in [3.63, 3.8) is 0 Å². The third-order valence-electron chi connectivity index (χ3n) is 7.64. The van der Waals surface area contributed by atoms with Crippen molar-refractivity contribution in [1.82, 2.24) is 0 Å². The second kappa shape index (κ2) is 4.52. The number of hydrogen-bond acceptors (Lipinski definition) is 1. The van der Waals surface area contributed by atoms with Gasteiger partial charge in [0.15, 0.2) is 0 Å². The van der Waals surface area contributed by atoms with Crippen LogP contribution in [0.25, 0.3) is 0 Å². The predicted octanol–water partition coefficient (Wildman–Crippen LogP) is 5.62. The first-order valence-corrected chi connectivity index (χ1v) is 9.16. The van der Waals surface area contributed by atoms with Crippen molar-refractivity contribution in [2.75, 3.05) is 0 Å². The fourth-order valence-electron chi connectivity index (χ4n) is 6.15. The smallest absolute Gasteiger partial charge is 0.123 e. The van der Waals surface area contributed by atoms with Gasteiger partial charge in [0.1, 0.15) is 11.4 Å². The van der Waals surface area contributed by atoms with E-state index in [2.05, 4.69) is 52.0 Å². The molecular weight excluding hydrogens is 268 g/mol. The maximum Gasteiger partial charge on any atom is 0.123 e. The van der Waals surface area contributed by atoms with Crippen LogP contribution in [0, 0.1) is 22.7 Å². The third-order valence-corrected chi connectivity index (χ3v) is 7.64. The first-order valence-electron chi connectivity index (χ1n) is 9.16. The summed E-state index contributed by atoms with van der Waals surface area (Å²) in [6.45, 7) is 9.97. The van der Waals surface area contributed by atoms with E-state index in [0.29, 0.717) is 11.3 Å². The van der Waals surface area contributed by atoms with Crippen LogP contribution in [0.3, 0.4) is 0 Å². The van der Waals surface area contributed by atoms with E-state index in [9.17, 15) is 0 Å². The summed E-state index contributed by atoms with van der Waals surface area (Å²) in [5.74, 6) is 2.60. The Morgan fingerprint density at radius 3 is 2.64 bits per heavy atom. The summed E-state index contributed by atoms with van der Waals surface area (Å²) < 4.78 is 6.94. The van der Waals surface area contributed by atoms with E-state index in [-0.39, 0.29) is 11.0 Å². The number of para-hydroxylation sites is 1. The summed E-state index contributed by atoms with van der Waals surface area (Å²) >= 11 is 0. The Morgan fingerprint density at radius 2 is 1.82 bits per heavy atom. The molecule has 1 heterocycles. The fraction of sp³-hybridized carbons (Fsp3) is 0.714. The van der Waals surface area contributed by atoms with Crippen LogP contribution in [0.2, 0.25) is 0 Å². The van der Waals surface area contributed by atoms with E-state index in [1.807, 2.05) is 0 Å². The van der Waals surface area contributed by atoms with E-state index >= 15 is 0 Å². The van der Waals surface area contributed by atoms with Crippen molar-refractivity contribution >= 4 is 0 Å². The summed E-state index contributed by atoms with van der Waals surface area (Å²) in [7, 11) is 0. The molecule has 1 aromatic carbocycles. The molecule has 0 radical (unpaired) electrons. The van der Waals surface area contributed by atoms with Crippen LogP contribution >= 0.6 is 0 Å². The molecule has 2 saturated carbocycles. The molecule has 0 bridgehead atoms. The molecular formula is C21H30O. The Labute approximate surface area is 135 Å². The quantitative estimate of drug-likeness (QED) is 0.604. The van der Waals surface area contributed by atoms with Crippen LogP contribution in [-0.4, -0.2) is 5.60 Å². The molecule has 2 aliphatic carbocycles. The minimum Gasteiger partial charge on any atom is -0.486 e. The number of ether oxygens (including phenoxy) is 1. The lowest BCUT2D eigenvalue weighted by atomic mass is 9.44. The van der Waals surface area contributed by atoms with Crippen LogP contribution in [0.5, 0.6) is 5.75 Å². The maximum atomic E-state index is 6.94. The molecule has 0 amide bonds. The molecule has 1 spiro atoms. The molecule has 0 saturated heterocycles. The summed E-state index contributed by atoms with van der Waals surface area (Å²) in [6, 6.07) is 8.77. The van der Waals surface area contributed by atoms with Gasteiger partial charge in [0, 0.05) is 11.3 Å². The molecule has 120 valence electrons. The largest absolute Gasteiger partial charge is 0.486 e. The van der Waals surface area contributed by atoms with Gasteiger partial charge < -0.3 is 4.74 Å². The lowest BCUT2D eigenvalue weighted by Gasteiger charge is -2.66. The van der Waals surface area contributed by atoms with Gasteiger partial charge in [0.25, 0.3) is 0 Å². The average Bonchev–Trinajstić information content (AvgIpc) is 2.46. The highest BCUT2D eigenvalue weighted by Crippen LogP contribution is 2.65. The lowest BCUT2D eigenvalue weighted by Crippen LogP contribution is -2.68. The zero-order valence-electron chi connectivity index (χ0n) is 14.6. The highest BCUT2D eigenvalue weighted by atomic mass is 16.5. The van der Waals surface area contributed by atoms with Crippen LogP contribution in [0.15, 0.2) is 24.3 Å².